The molecule has 0 fully saturated rings. The van der Waals surface area contributed by atoms with Crippen molar-refractivity contribution in [1.29, 1.82) is 0 Å². The van der Waals surface area contributed by atoms with Crippen molar-refractivity contribution in [3.8, 4) is 5.75 Å². The van der Waals surface area contributed by atoms with Crippen LogP contribution >= 0.6 is 11.6 Å². The minimum atomic E-state index is 0.620. The zero-order valence-corrected chi connectivity index (χ0v) is 12.9. The lowest BCUT2D eigenvalue weighted by Gasteiger charge is -2.11. The molecule has 0 bridgehead atoms. The van der Waals surface area contributed by atoms with Crippen molar-refractivity contribution in [1.82, 2.24) is 0 Å². The minimum absolute atomic E-state index is 0.620. The number of hydrogen-bond acceptors (Lipinski definition) is 2. The molecule has 0 spiro atoms. The van der Waals surface area contributed by atoms with Crippen molar-refractivity contribution >= 4 is 17.3 Å². The van der Waals surface area contributed by atoms with Gasteiger partial charge in [-0.3, -0.25) is 0 Å². The fraction of sp³-hybridized carbons (Fsp3) is 0.294. The molecule has 20 heavy (non-hydrogen) atoms. The first-order chi connectivity index (χ1) is 9.60. The van der Waals surface area contributed by atoms with Crippen molar-refractivity contribution in [2.24, 2.45) is 0 Å². The van der Waals surface area contributed by atoms with Crippen LogP contribution in [0.3, 0.4) is 0 Å². The molecule has 106 valence electrons. The summed E-state index contributed by atoms with van der Waals surface area (Å²) in [6, 6.07) is 12.3. The van der Waals surface area contributed by atoms with Gasteiger partial charge in [-0.1, -0.05) is 29.8 Å². The number of nitrogens with one attached hydrogen (secondary N) is 1. The summed E-state index contributed by atoms with van der Waals surface area (Å²) >= 11 is 6.17. The van der Waals surface area contributed by atoms with Gasteiger partial charge in [0.15, 0.2) is 0 Å². The lowest BCUT2D eigenvalue weighted by Crippen LogP contribution is -2.00. The minimum Gasteiger partial charge on any atom is -0.492 e. The highest BCUT2D eigenvalue weighted by atomic mass is 35.5. The van der Waals surface area contributed by atoms with Crippen molar-refractivity contribution in [3.63, 3.8) is 0 Å². The summed E-state index contributed by atoms with van der Waals surface area (Å²) in [7, 11) is 0. The number of benzene rings is 2. The fourth-order valence-corrected chi connectivity index (χ4v) is 2.24. The van der Waals surface area contributed by atoms with Gasteiger partial charge in [-0.2, -0.15) is 0 Å². The molecule has 0 aliphatic heterocycles. The molecule has 1 N–H and O–H groups in total. The van der Waals surface area contributed by atoms with Gasteiger partial charge < -0.3 is 10.1 Å². The van der Waals surface area contributed by atoms with Crippen LogP contribution in [0.2, 0.25) is 5.02 Å². The maximum Gasteiger partial charge on any atom is 0.138 e. The summed E-state index contributed by atoms with van der Waals surface area (Å²) in [5.41, 5.74) is 4.89. The van der Waals surface area contributed by atoms with Gasteiger partial charge in [-0.15, -0.1) is 0 Å². The predicted molar refractivity (Wildman–Crippen MR) is 85.9 cm³/mol. The highest BCUT2D eigenvalue weighted by molar-refractivity contribution is 6.32. The van der Waals surface area contributed by atoms with Crippen molar-refractivity contribution < 1.29 is 4.74 Å². The van der Waals surface area contributed by atoms with E-state index in [2.05, 4.69) is 37.4 Å². The van der Waals surface area contributed by atoms with Gasteiger partial charge in [-0.25, -0.2) is 0 Å². The summed E-state index contributed by atoms with van der Waals surface area (Å²) in [6.07, 6.45) is 0. The Morgan fingerprint density at radius 1 is 1.05 bits per heavy atom. The Balaban J connectivity index is 2.03. The predicted octanol–water partition coefficient (Wildman–Crippen LogP) is 4.97. The molecule has 0 aliphatic carbocycles. The molecule has 0 saturated heterocycles. The van der Waals surface area contributed by atoms with Crippen LogP contribution in [0.25, 0.3) is 0 Å². The summed E-state index contributed by atoms with van der Waals surface area (Å²) in [4.78, 5) is 0. The summed E-state index contributed by atoms with van der Waals surface area (Å²) in [5, 5.41) is 4.01. The number of hydrogen-bond donors (Lipinski definition) is 1. The van der Waals surface area contributed by atoms with Gasteiger partial charge in [-0.05, 0) is 55.7 Å². The highest BCUT2D eigenvalue weighted by Gasteiger charge is 2.03. The Bertz CT molecular complexity index is 596. The van der Waals surface area contributed by atoms with Crippen LogP contribution in [-0.2, 0) is 6.54 Å². The molecule has 0 aromatic heterocycles. The summed E-state index contributed by atoms with van der Waals surface area (Å²) in [5.74, 6) is 0.728. The van der Waals surface area contributed by atoms with E-state index in [-0.39, 0.29) is 0 Å². The smallest absolute Gasteiger partial charge is 0.138 e. The van der Waals surface area contributed by atoms with Crippen LogP contribution in [0.1, 0.15) is 23.6 Å². The SMILES string of the molecule is CCOc1ccc(NCc2ccc(C)c(C)c2)cc1Cl. The molecule has 2 aromatic carbocycles. The monoisotopic (exact) mass is 289 g/mol. The molecule has 0 saturated carbocycles. The Hall–Kier alpha value is -1.67. The van der Waals surface area contributed by atoms with Gasteiger partial charge >= 0.3 is 0 Å². The van der Waals surface area contributed by atoms with Crippen molar-refractivity contribution in [2.75, 3.05) is 11.9 Å². The van der Waals surface area contributed by atoms with E-state index in [4.69, 9.17) is 16.3 Å². The third-order valence-electron chi connectivity index (χ3n) is 3.30. The maximum absolute atomic E-state index is 6.17. The van der Waals surface area contributed by atoms with Gasteiger partial charge in [0.2, 0.25) is 0 Å². The Morgan fingerprint density at radius 3 is 2.50 bits per heavy atom. The fourth-order valence-electron chi connectivity index (χ4n) is 2.00. The number of halogens is 1. The molecule has 0 amide bonds. The first kappa shape index (κ1) is 14.7. The average Bonchev–Trinajstić information content (AvgIpc) is 2.43. The first-order valence-corrected chi connectivity index (χ1v) is 7.20. The van der Waals surface area contributed by atoms with E-state index in [9.17, 15) is 0 Å². The number of aryl methyl sites for hydroxylation is 2. The van der Waals surface area contributed by atoms with Gasteiger partial charge in [0, 0.05) is 12.2 Å². The molecule has 0 radical (unpaired) electrons. The van der Waals surface area contributed by atoms with Crippen molar-refractivity contribution in [2.45, 2.75) is 27.3 Å². The molecular formula is C17H20ClNO. The topological polar surface area (TPSA) is 21.3 Å². The summed E-state index contributed by atoms with van der Waals surface area (Å²) < 4.78 is 5.42. The Labute approximate surface area is 125 Å². The largest absolute Gasteiger partial charge is 0.492 e. The second-order valence-electron chi connectivity index (χ2n) is 4.85. The maximum atomic E-state index is 6.17. The molecule has 0 atom stereocenters. The normalized spacial score (nSPS) is 10.4. The van der Waals surface area contributed by atoms with E-state index in [0.717, 1.165) is 18.0 Å². The molecule has 0 aliphatic rings. The van der Waals surface area contributed by atoms with Gasteiger partial charge in [0.1, 0.15) is 5.75 Å². The molecule has 3 heteroatoms. The van der Waals surface area contributed by atoms with Crippen LogP contribution in [-0.4, -0.2) is 6.61 Å². The third kappa shape index (κ3) is 3.67. The van der Waals surface area contributed by atoms with E-state index in [1.165, 1.54) is 16.7 Å². The lowest BCUT2D eigenvalue weighted by atomic mass is 10.1. The summed E-state index contributed by atoms with van der Waals surface area (Å²) in [6.45, 7) is 7.61. The van der Waals surface area contributed by atoms with Gasteiger partial charge in [0.05, 0.1) is 11.6 Å². The number of rotatable bonds is 5. The molecule has 0 heterocycles. The quantitative estimate of drug-likeness (QED) is 0.839. The Morgan fingerprint density at radius 2 is 1.85 bits per heavy atom. The number of ether oxygens (including phenoxy) is 1. The van der Waals surface area contributed by atoms with Crippen LogP contribution in [0, 0.1) is 13.8 Å². The van der Waals surface area contributed by atoms with Crippen LogP contribution in [0.4, 0.5) is 5.69 Å². The molecule has 2 rings (SSSR count). The standard InChI is InChI=1S/C17H20ClNO/c1-4-20-17-8-7-15(10-16(17)18)19-11-14-6-5-12(2)13(3)9-14/h5-10,19H,4,11H2,1-3H3. The Kier molecular flexibility index (Phi) is 4.91. The van der Waals surface area contributed by atoms with Crippen molar-refractivity contribution in [3.05, 3.63) is 58.1 Å². The second-order valence-corrected chi connectivity index (χ2v) is 5.26. The van der Waals surface area contributed by atoms with E-state index < -0.39 is 0 Å². The van der Waals surface area contributed by atoms with E-state index in [1.807, 2.05) is 25.1 Å². The zero-order valence-electron chi connectivity index (χ0n) is 12.2. The molecule has 2 nitrogen and oxygen atoms in total. The first-order valence-electron chi connectivity index (χ1n) is 6.82. The molecular weight excluding hydrogens is 270 g/mol. The van der Waals surface area contributed by atoms with Crippen LogP contribution in [0.15, 0.2) is 36.4 Å². The molecule has 0 unspecified atom stereocenters. The van der Waals surface area contributed by atoms with Gasteiger partial charge in [0.25, 0.3) is 0 Å². The lowest BCUT2D eigenvalue weighted by molar-refractivity contribution is 0.340. The van der Waals surface area contributed by atoms with E-state index in [1.54, 1.807) is 0 Å². The second kappa shape index (κ2) is 6.67. The van der Waals surface area contributed by atoms with Crippen LogP contribution in [0.5, 0.6) is 5.75 Å². The number of anilines is 1. The van der Waals surface area contributed by atoms with E-state index in [0.29, 0.717) is 11.6 Å². The van der Waals surface area contributed by atoms with Crippen LogP contribution < -0.4 is 10.1 Å². The zero-order chi connectivity index (χ0) is 14.5. The highest BCUT2D eigenvalue weighted by Crippen LogP contribution is 2.27. The van der Waals surface area contributed by atoms with E-state index >= 15 is 0 Å². The third-order valence-corrected chi connectivity index (χ3v) is 3.60. The molecule has 2 aromatic rings. The average molecular weight is 290 g/mol.